The van der Waals surface area contributed by atoms with Crippen molar-refractivity contribution in [3.8, 4) is 5.75 Å². The number of aromatic hydroxyl groups is 1. The second kappa shape index (κ2) is 9.76. The molecule has 0 unspecified atom stereocenters. The number of ether oxygens (including phenoxy) is 1. The Morgan fingerprint density at radius 3 is 2.55 bits per heavy atom. The van der Waals surface area contributed by atoms with Crippen LogP contribution in [0.4, 0.5) is 0 Å². The van der Waals surface area contributed by atoms with Crippen LogP contribution in [0, 0.1) is 6.92 Å². The smallest absolute Gasteiger partial charge is 0.259 e. The summed E-state index contributed by atoms with van der Waals surface area (Å²) in [7, 11) is 1.61. The molecule has 2 aromatic rings. The summed E-state index contributed by atoms with van der Waals surface area (Å²) in [5.74, 6) is 0.0315. The monoisotopic (exact) mass is 419 g/mol. The van der Waals surface area contributed by atoms with Crippen LogP contribution in [0.1, 0.15) is 29.8 Å². The molecule has 1 aromatic heterocycles. The van der Waals surface area contributed by atoms with Gasteiger partial charge in [0.15, 0.2) is 0 Å². The van der Waals surface area contributed by atoms with Gasteiger partial charge in [-0.05, 0) is 37.2 Å². The maximum Gasteiger partial charge on any atom is 0.259 e. The van der Waals surface area contributed by atoms with Gasteiger partial charge in [-0.15, -0.1) is 0 Å². The minimum Gasteiger partial charge on any atom is -0.507 e. The predicted octanol–water partition coefficient (Wildman–Crippen LogP) is 2.89. The van der Waals surface area contributed by atoms with Crippen LogP contribution >= 0.6 is 11.6 Å². The Balaban J connectivity index is 2.10. The molecule has 29 heavy (non-hydrogen) atoms. The van der Waals surface area contributed by atoms with E-state index in [1.165, 1.54) is 0 Å². The van der Waals surface area contributed by atoms with E-state index in [2.05, 4.69) is 16.7 Å². The number of nitrogens with zero attached hydrogens (tertiary/aromatic N) is 3. The Morgan fingerprint density at radius 2 is 1.93 bits per heavy atom. The van der Waals surface area contributed by atoms with Crippen LogP contribution < -0.4 is 5.56 Å². The maximum absolute atomic E-state index is 13.5. The lowest BCUT2D eigenvalue weighted by Crippen LogP contribution is -2.48. The summed E-state index contributed by atoms with van der Waals surface area (Å²) in [4.78, 5) is 18.1. The molecule has 2 heterocycles. The van der Waals surface area contributed by atoms with Gasteiger partial charge in [0.05, 0.1) is 18.2 Å². The fourth-order valence-electron chi connectivity index (χ4n) is 4.06. The van der Waals surface area contributed by atoms with Crippen molar-refractivity contribution >= 4 is 11.6 Å². The normalized spacial score (nSPS) is 16.8. The van der Waals surface area contributed by atoms with Gasteiger partial charge in [-0.2, -0.15) is 0 Å². The van der Waals surface area contributed by atoms with Gasteiger partial charge in [-0.1, -0.05) is 30.7 Å². The Kier molecular flexibility index (Phi) is 7.35. The molecule has 158 valence electrons. The number of aromatic nitrogens is 1. The molecule has 3 rings (SSSR count). The summed E-state index contributed by atoms with van der Waals surface area (Å²) in [6.45, 7) is 9.36. The number of piperazine rings is 1. The molecule has 7 heteroatoms. The van der Waals surface area contributed by atoms with Crippen LogP contribution in [-0.2, 0) is 11.3 Å². The van der Waals surface area contributed by atoms with Crippen molar-refractivity contribution in [3.05, 3.63) is 62.5 Å². The molecule has 1 aliphatic heterocycles. The number of rotatable bonds is 7. The number of halogens is 1. The zero-order valence-electron chi connectivity index (χ0n) is 17.4. The van der Waals surface area contributed by atoms with Gasteiger partial charge in [-0.3, -0.25) is 9.69 Å². The summed E-state index contributed by atoms with van der Waals surface area (Å²) < 4.78 is 6.85. The second-order valence-electron chi connectivity index (χ2n) is 7.46. The van der Waals surface area contributed by atoms with Gasteiger partial charge in [0.25, 0.3) is 5.56 Å². The first-order chi connectivity index (χ1) is 14.0. The minimum atomic E-state index is -0.352. The van der Waals surface area contributed by atoms with E-state index in [1.807, 2.05) is 31.2 Å². The lowest BCUT2D eigenvalue weighted by molar-refractivity contribution is 0.111. The second-order valence-corrected chi connectivity index (χ2v) is 7.90. The van der Waals surface area contributed by atoms with Gasteiger partial charge in [0, 0.05) is 50.6 Å². The van der Waals surface area contributed by atoms with Crippen LogP contribution in [0.25, 0.3) is 0 Å². The fraction of sp³-hybridized carbons (Fsp3) is 0.500. The molecule has 1 aliphatic rings. The number of likely N-dealkylation sites (N-methyl/N-ethyl adjacent to an activating group) is 1. The van der Waals surface area contributed by atoms with Gasteiger partial charge >= 0.3 is 0 Å². The molecule has 0 spiro atoms. The highest BCUT2D eigenvalue weighted by Gasteiger charge is 2.31. The Hall–Kier alpha value is -1.86. The molecule has 0 radical (unpaired) electrons. The number of methoxy groups -OCH3 is 1. The van der Waals surface area contributed by atoms with E-state index in [0.29, 0.717) is 29.4 Å². The molecule has 1 aromatic carbocycles. The third-order valence-electron chi connectivity index (χ3n) is 5.70. The number of benzene rings is 1. The van der Waals surface area contributed by atoms with Gasteiger partial charge in [-0.25, -0.2) is 0 Å². The maximum atomic E-state index is 13.5. The standard InChI is InChI=1S/C22H30ClN3O3/c1-4-24-8-10-25(11-9-24)21(17-6-5-7-18(23)15-17)20-19(27)14-16(2)26(22(20)28)12-13-29-3/h5-7,14-15,21,27H,4,8-13H2,1-3H3/t21-/m0/s1. The van der Waals surface area contributed by atoms with Crippen LogP contribution in [0.3, 0.4) is 0 Å². The average Bonchev–Trinajstić information content (AvgIpc) is 2.71. The number of hydrogen-bond acceptors (Lipinski definition) is 5. The predicted molar refractivity (Wildman–Crippen MR) is 116 cm³/mol. The lowest BCUT2D eigenvalue weighted by atomic mass is 9.96. The van der Waals surface area contributed by atoms with Crippen molar-refractivity contribution < 1.29 is 9.84 Å². The van der Waals surface area contributed by atoms with Crippen LogP contribution in [0.5, 0.6) is 5.75 Å². The highest BCUT2D eigenvalue weighted by atomic mass is 35.5. The molecular formula is C22H30ClN3O3. The van der Waals surface area contributed by atoms with Crippen molar-refractivity contribution in [2.45, 2.75) is 26.4 Å². The quantitative estimate of drug-likeness (QED) is 0.747. The number of aryl methyl sites for hydroxylation is 1. The van der Waals surface area contributed by atoms with E-state index in [1.54, 1.807) is 17.7 Å². The Morgan fingerprint density at radius 1 is 1.21 bits per heavy atom. The van der Waals surface area contributed by atoms with Crippen LogP contribution in [0.2, 0.25) is 5.02 Å². The van der Waals surface area contributed by atoms with Gasteiger partial charge < -0.3 is 19.3 Å². The largest absolute Gasteiger partial charge is 0.507 e. The van der Waals surface area contributed by atoms with Gasteiger partial charge in [0.1, 0.15) is 5.75 Å². The van der Waals surface area contributed by atoms with Crippen molar-refractivity contribution in [2.24, 2.45) is 0 Å². The highest BCUT2D eigenvalue weighted by Crippen LogP contribution is 2.34. The van der Waals surface area contributed by atoms with Crippen molar-refractivity contribution in [3.63, 3.8) is 0 Å². The molecule has 1 N–H and O–H groups in total. The first-order valence-electron chi connectivity index (χ1n) is 10.1. The summed E-state index contributed by atoms with van der Waals surface area (Å²) >= 11 is 6.28. The van der Waals surface area contributed by atoms with E-state index < -0.39 is 0 Å². The molecule has 6 nitrogen and oxygen atoms in total. The highest BCUT2D eigenvalue weighted by molar-refractivity contribution is 6.30. The first kappa shape index (κ1) is 21.8. The molecule has 1 atom stereocenters. The topological polar surface area (TPSA) is 57.9 Å². The number of hydrogen-bond donors (Lipinski definition) is 1. The Labute approximate surface area is 177 Å². The zero-order chi connectivity index (χ0) is 21.0. The summed E-state index contributed by atoms with van der Waals surface area (Å²) in [5, 5.41) is 11.5. The van der Waals surface area contributed by atoms with E-state index in [9.17, 15) is 9.90 Å². The molecule has 0 bridgehead atoms. The van der Waals surface area contributed by atoms with E-state index in [0.717, 1.165) is 38.3 Å². The van der Waals surface area contributed by atoms with Crippen LogP contribution in [-0.4, -0.2) is 65.9 Å². The number of pyridine rings is 1. The van der Waals surface area contributed by atoms with E-state index in [-0.39, 0.29) is 17.4 Å². The van der Waals surface area contributed by atoms with Crippen molar-refractivity contribution in [2.75, 3.05) is 46.4 Å². The molecule has 0 amide bonds. The summed E-state index contributed by atoms with van der Waals surface area (Å²) in [6.07, 6.45) is 0. The Bertz CT molecular complexity index is 891. The minimum absolute atomic E-state index is 0.0315. The molecular weight excluding hydrogens is 390 g/mol. The molecule has 1 saturated heterocycles. The van der Waals surface area contributed by atoms with Gasteiger partial charge in [0.2, 0.25) is 0 Å². The molecule has 1 fully saturated rings. The summed E-state index contributed by atoms with van der Waals surface area (Å²) in [6, 6.07) is 8.89. The van der Waals surface area contributed by atoms with Crippen molar-refractivity contribution in [1.29, 1.82) is 0 Å². The molecule has 0 aliphatic carbocycles. The third-order valence-corrected chi connectivity index (χ3v) is 5.93. The van der Waals surface area contributed by atoms with Crippen molar-refractivity contribution in [1.82, 2.24) is 14.4 Å². The molecule has 0 saturated carbocycles. The lowest BCUT2D eigenvalue weighted by Gasteiger charge is -2.39. The SMILES string of the molecule is CCN1CCN([C@@H](c2cccc(Cl)c2)c2c(O)cc(C)n(CCOC)c2=O)CC1. The van der Waals surface area contributed by atoms with E-state index >= 15 is 0 Å². The summed E-state index contributed by atoms with van der Waals surface area (Å²) in [5.41, 5.74) is 1.85. The average molecular weight is 420 g/mol. The van der Waals surface area contributed by atoms with Crippen LogP contribution in [0.15, 0.2) is 35.1 Å². The third kappa shape index (κ3) is 4.83. The zero-order valence-corrected chi connectivity index (χ0v) is 18.2. The van der Waals surface area contributed by atoms with E-state index in [4.69, 9.17) is 16.3 Å². The fourth-order valence-corrected chi connectivity index (χ4v) is 4.26. The first-order valence-corrected chi connectivity index (χ1v) is 10.5.